The molecule has 244 valence electrons. The Labute approximate surface area is 275 Å². The highest BCUT2D eigenvalue weighted by molar-refractivity contribution is 5.99. The minimum absolute atomic E-state index is 0.0193. The summed E-state index contributed by atoms with van der Waals surface area (Å²) in [6, 6.07) is 30.0. The maximum absolute atomic E-state index is 13.6. The van der Waals surface area contributed by atoms with Crippen molar-refractivity contribution in [3.63, 3.8) is 0 Å². The number of nitrogens with zero attached hydrogens (tertiary/aromatic N) is 2. The molecule has 0 radical (unpaired) electrons. The zero-order chi connectivity index (χ0) is 33.8. The van der Waals surface area contributed by atoms with Crippen LogP contribution in [0.5, 0.6) is 11.5 Å². The molecule has 4 aromatic rings. The van der Waals surface area contributed by atoms with Crippen LogP contribution in [0, 0.1) is 0 Å². The van der Waals surface area contributed by atoms with Gasteiger partial charge < -0.3 is 29.9 Å². The molecule has 1 atom stereocenters. The molecule has 0 fully saturated rings. The van der Waals surface area contributed by atoms with Crippen LogP contribution in [0.4, 0.5) is 11.4 Å². The summed E-state index contributed by atoms with van der Waals surface area (Å²) in [5.74, 6) is 0.181. The quantitative estimate of drug-likeness (QED) is 0.217. The van der Waals surface area contributed by atoms with Crippen LogP contribution in [0.1, 0.15) is 16.7 Å². The van der Waals surface area contributed by atoms with Gasteiger partial charge in [-0.05, 0) is 65.2 Å². The van der Waals surface area contributed by atoms with E-state index in [1.807, 2.05) is 30.3 Å². The second-order valence-corrected chi connectivity index (χ2v) is 11.0. The number of rotatable bonds is 14. The van der Waals surface area contributed by atoms with Crippen molar-refractivity contribution < 1.29 is 28.7 Å². The molecule has 2 N–H and O–H groups in total. The summed E-state index contributed by atoms with van der Waals surface area (Å²) in [6.07, 6.45) is 0.376. The number of methoxy groups -OCH3 is 2. The number of anilines is 2. The monoisotopic (exact) mass is 636 g/mol. The van der Waals surface area contributed by atoms with E-state index in [-0.39, 0.29) is 43.0 Å². The molecular formula is C37H40N4O6. The van der Waals surface area contributed by atoms with Crippen molar-refractivity contribution in [2.45, 2.75) is 25.3 Å². The first-order valence-corrected chi connectivity index (χ1v) is 15.2. The molecule has 0 unspecified atom stereocenters. The summed E-state index contributed by atoms with van der Waals surface area (Å²) in [6.45, 7) is -0.161. The highest BCUT2D eigenvalue weighted by Gasteiger charge is 2.25. The van der Waals surface area contributed by atoms with Crippen molar-refractivity contribution in [2.75, 3.05) is 44.7 Å². The first-order chi connectivity index (χ1) is 22.7. The van der Waals surface area contributed by atoms with Crippen molar-refractivity contribution in [1.29, 1.82) is 0 Å². The fourth-order valence-corrected chi connectivity index (χ4v) is 4.99. The summed E-state index contributed by atoms with van der Waals surface area (Å²) < 4.78 is 10.4. The third-order valence-electron chi connectivity index (χ3n) is 7.70. The maximum atomic E-state index is 13.6. The van der Waals surface area contributed by atoms with Crippen molar-refractivity contribution in [1.82, 2.24) is 10.6 Å². The molecule has 10 heteroatoms. The number of nitrogens with one attached hydrogen (secondary N) is 2. The minimum Gasteiger partial charge on any atom is -0.497 e. The van der Waals surface area contributed by atoms with Gasteiger partial charge in [-0.3, -0.25) is 19.2 Å². The van der Waals surface area contributed by atoms with Crippen LogP contribution in [-0.2, 0) is 38.4 Å². The van der Waals surface area contributed by atoms with Gasteiger partial charge in [-0.1, -0.05) is 54.6 Å². The molecule has 10 nitrogen and oxygen atoms in total. The highest BCUT2D eigenvalue weighted by Crippen LogP contribution is 2.20. The third-order valence-corrected chi connectivity index (χ3v) is 7.70. The van der Waals surface area contributed by atoms with E-state index in [4.69, 9.17) is 9.47 Å². The molecule has 4 aromatic carbocycles. The largest absolute Gasteiger partial charge is 0.497 e. The van der Waals surface area contributed by atoms with Gasteiger partial charge in [0.25, 0.3) is 0 Å². The summed E-state index contributed by atoms with van der Waals surface area (Å²) in [4.78, 5) is 55.2. The topological polar surface area (TPSA) is 117 Å². The smallest absolute Gasteiger partial charge is 0.249 e. The van der Waals surface area contributed by atoms with Crippen LogP contribution in [0.25, 0.3) is 0 Å². The Morgan fingerprint density at radius 3 is 1.70 bits per heavy atom. The Kier molecular flexibility index (Phi) is 12.1. The van der Waals surface area contributed by atoms with Gasteiger partial charge in [0.1, 0.15) is 17.5 Å². The Morgan fingerprint density at radius 2 is 1.15 bits per heavy atom. The third kappa shape index (κ3) is 9.92. The van der Waals surface area contributed by atoms with Crippen molar-refractivity contribution >= 4 is 35.0 Å². The van der Waals surface area contributed by atoms with Crippen LogP contribution in [0.2, 0.25) is 0 Å². The van der Waals surface area contributed by atoms with E-state index in [2.05, 4.69) is 10.6 Å². The number of ether oxygens (including phenoxy) is 2. The first-order valence-electron chi connectivity index (χ1n) is 15.2. The van der Waals surface area contributed by atoms with Crippen LogP contribution in [0.3, 0.4) is 0 Å². The van der Waals surface area contributed by atoms with Gasteiger partial charge in [0.15, 0.2) is 0 Å². The molecule has 0 aliphatic heterocycles. The molecule has 0 aromatic heterocycles. The van der Waals surface area contributed by atoms with Gasteiger partial charge in [0.05, 0.1) is 33.6 Å². The molecule has 0 saturated carbocycles. The van der Waals surface area contributed by atoms with Gasteiger partial charge in [-0.25, -0.2) is 0 Å². The number of hydrogen-bond acceptors (Lipinski definition) is 6. The van der Waals surface area contributed by atoms with Gasteiger partial charge in [-0.2, -0.15) is 0 Å². The number of benzene rings is 4. The highest BCUT2D eigenvalue weighted by atomic mass is 16.5. The van der Waals surface area contributed by atoms with E-state index >= 15 is 0 Å². The number of amides is 4. The average Bonchev–Trinajstić information content (AvgIpc) is 3.10. The van der Waals surface area contributed by atoms with Gasteiger partial charge in [-0.15, -0.1) is 0 Å². The van der Waals surface area contributed by atoms with Gasteiger partial charge in [0, 0.05) is 31.9 Å². The van der Waals surface area contributed by atoms with E-state index in [9.17, 15) is 19.2 Å². The van der Waals surface area contributed by atoms with Crippen LogP contribution in [0.15, 0.2) is 103 Å². The summed E-state index contributed by atoms with van der Waals surface area (Å²) >= 11 is 0. The van der Waals surface area contributed by atoms with Crippen molar-refractivity contribution in [3.05, 3.63) is 120 Å². The fraction of sp³-hybridized carbons (Fsp3) is 0.243. The Bertz CT molecular complexity index is 1660. The zero-order valence-electron chi connectivity index (χ0n) is 27.1. The molecule has 0 spiro atoms. The lowest BCUT2D eigenvalue weighted by molar-refractivity contribution is -0.127. The summed E-state index contributed by atoms with van der Waals surface area (Å²) in [5, 5.41) is 5.60. The molecular weight excluding hydrogens is 596 g/mol. The number of carbonyl (C=O) groups excluding carboxylic acids is 4. The van der Waals surface area contributed by atoms with Crippen molar-refractivity contribution in [3.8, 4) is 11.5 Å². The lowest BCUT2D eigenvalue weighted by atomic mass is 10.0. The van der Waals surface area contributed by atoms with Gasteiger partial charge in [0.2, 0.25) is 23.6 Å². The van der Waals surface area contributed by atoms with Crippen LogP contribution in [-0.4, -0.2) is 64.5 Å². The van der Waals surface area contributed by atoms with E-state index in [1.54, 1.807) is 101 Å². The fourth-order valence-electron chi connectivity index (χ4n) is 4.99. The predicted octanol–water partition coefficient (Wildman–Crippen LogP) is 3.96. The first kappa shape index (κ1) is 34.2. The summed E-state index contributed by atoms with van der Waals surface area (Å²) in [5.41, 5.74) is 3.65. The SMILES string of the molecule is COc1ccc(N(C)C(=O)CNC(=O)Cc2cccc(CC(=O)N[C@@H](Cc3ccccc3)C(=O)N(C)c3ccc(OC)cc3)c2)cc1. The second-order valence-electron chi connectivity index (χ2n) is 11.0. The molecule has 0 bridgehead atoms. The van der Waals surface area contributed by atoms with E-state index in [0.717, 1.165) is 5.56 Å². The Balaban J connectivity index is 1.35. The number of carbonyl (C=O) groups is 4. The molecule has 47 heavy (non-hydrogen) atoms. The lowest BCUT2D eigenvalue weighted by Gasteiger charge is -2.25. The molecule has 0 heterocycles. The van der Waals surface area contributed by atoms with Crippen molar-refractivity contribution in [2.24, 2.45) is 0 Å². The molecule has 0 aliphatic carbocycles. The molecule has 4 amide bonds. The average molecular weight is 637 g/mol. The number of hydrogen-bond donors (Lipinski definition) is 2. The van der Waals surface area contributed by atoms with Crippen LogP contribution >= 0.6 is 0 Å². The molecule has 0 aliphatic rings. The predicted molar refractivity (Wildman–Crippen MR) is 182 cm³/mol. The Hall–Kier alpha value is -5.64. The van der Waals surface area contributed by atoms with E-state index < -0.39 is 6.04 Å². The zero-order valence-corrected chi connectivity index (χ0v) is 27.1. The standard InChI is InChI=1S/C37H40N4O6/c1-40(29-13-17-31(46-3)18-14-29)36(44)25-38-34(42)23-27-11-8-12-28(21-27)24-35(43)39-33(22-26-9-6-5-7-10-26)37(45)41(2)30-15-19-32(47-4)20-16-30/h5-21,33H,22-25H2,1-4H3,(H,38,42)(H,39,43)/t33-/m0/s1. The molecule has 0 saturated heterocycles. The van der Waals surface area contributed by atoms with E-state index in [1.165, 1.54) is 9.80 Å². The number of likely N-dealkylation sites (N-methyl/N-ethyl adjacent to an activating group) is 2. The minimum atomic E-state index is -0.806. The van der Waals surface area contributed by atoms with Crippen LogP contribution < -0.4 is 29.9 Å². The van der Waals surface area contributed by atoms with Gasteiger partial charge >= 0.3 is 0 Å². The Morgan fingerprint density at radius 1 is 0.638 bits per heavy atom. The van der Waals surface area contributed by atoms with E-state index in [0.29, 0.717) is 40.4 Å². The normalized spacial score (nSPS) is 11.1. The summed E-state index contributed by atoms with van der Waals surface area (Å²) in [7, 11) is 6.46. The second kappa shape index (κ2) is 16.6. The lowest BCUT2D eigenvalue weighted by Crippen LogP contribution is -2.49. The molecule has 4 rings (SSSR count). The maximum Gasteiger partial charge on any atom is 0.249 e.